The van der Waals surface area contributed by atoms with E-state index < -0.39 is 0 Å². The van der Waals surface area contributed by atoms with Crippen LogP contribution in [0.3, 0.4) is 0 Å². The Hall–Kier alpha value is 2.01. The fraction of sp³-hybridized carbons (Fsp3) is 0. The Morgan fingerprint density at radius 1 is 1.25 bits per heavy atom. The molecule has 0 aliphatic rings. The summed E-state index contributed by atoms with van der Waals surface area (Å²) in [7, 11) is 1.06. The van der Waals surface area contributed by atoms with E-state index in [1.54, 1.807) is 0 Å². The first kappa shape index (κ1) is 16.7. The SMILES string of the molecule is [SiH3][Fe].[V].[W]. The molecule has 1 radical (unpaired) electrons. The summed E-state index contributed by atoms with van der Waals surface area (Å²) in [5, 5.41) is 0. The number of hydrogen-bond donors (Lipinski definition) is 0. The summed E-state index contributed by atoms with van der Waals surface area (Å²) in [6, 6.07) is 0. The van der Waals surface area contributed by atoms with Gasteiger partial charge in [-0.1, -0.05) is 0 Å². The Kier molecular flexibility index (Phi) is 83.0. The fourth-order valence-electron chi connectivity index (χ4n) is 0. The molecule has 0 atom stereocenters. The summed E-state index contributed by atoms with van der Waals surface area (Å²) >= 11 is 3.39. The fourth-order valence-corrected chi connectivity index (χ4v) is 0. The molecule has 0 bridgehead atoms. The molecule has 0 saturated heterocycles. The summed E-state index contributed by atoms with van der Waals surface area (Å²) in [5.41, 5.74) is 0. The molecule has 0 aromatic heterocycles. The minimum absolute atomic E-state index is 0. The normalized spacial score (nSPS) is 2.25. The van der Waals surface area contributed by atoms with Crippen molar-refractivity contribution in [3.8, 4) is 0 Å². The van der Waals surface area contributed by atoms with E-state index in [4.69, 9.17) is 0 Å². The zero-order chi connectivity index (χ0) is 2.00. The van der Waals surface area contributed by atoms with Gasteiger partial charge < -0.3 is 0 Å². The topological polar surface area (TPSA) is 0 Å². The molecule has 0 heterocycles. The van der Waals surface area contributed by atoms with Crippen molar-refractivity contribution in [2.75, 3.05) is 0 Å². The maximum Gasteiger partial charge on any atom is 0 e. The van der Waals surface area contributed by atoms with Gasteiger partial charge in [-0.2, -0.15) is 0 Å². The van der Waals surface area contributed by atoms with Crippen LogP contribution in [-0.2, 0) is 55.0 Å². The average molecular weight is 322 g/mol. The van der Waals surface area contributed by atoms with Gasteiger partial charge in [0.05, 0.1) is 0 Å². The second kappa shape index (κ2) is 19.9. The number of rotatable bonds is 0. The molecule has 0 unspecified atom stereocenters. The van der Waals surface area contributed by atoms with E-state index in [2.05, 4.69) is 15.4 Å². The molecule has 0 nitrogen and oxygen atoms in total. The third-order valence-electron chi connectivity index (χ3n) is 0. The molecule has 0 amide bonds. The van der Waals surface area contributed by atoms with Gasteiger partial charge in [0.15, 0.2) is 0 Å². The smallest absolute Gasteiger partial charge is 0 e. The molecule has 0 aliphatic carbocycles. The molecule has 4 heavy (non-hydrogen) atoms. The van der Waals surface area contributed by atoms with Crippen LogP contribution in [0.2, 0.25) is 0 Å². The minimum Gasteiger partial charge on any atom is 0 e. The Labute approximate surface area is 63.3 Å². The van der Waals surface area contributed by atoms with Crippen molar-refractivity contribution in [1.29, 1.82) is 0 Å². The van der Waals surface area contributed by atoms with Crippen LogP contribution < -0.4 is 0 Å². The van der Waals surface area contributed by atoms with Crippen LogP contribution in [-0.4, -0.2) is 8.85 Å². The van der Waals surface area contributed by atoms with Gasteiger partial charge in [0.1, 0.15) is 0 Å². The third kappa shape index (κ3) is 8.99. The zero-order valence-corrected chi connectivity index (χ0v) is 9.64. The van der Waals surface area contributed by atoms with Crippen molar-refractivity contribution in [2.45, 2.75) is 0 Å². The molecule has 26 valence electrons. The van der Waals surface area contributed by atoms with Gasteiger partial charge in [-0.05, 0) is 0 Å². The Morgan fingerprint density at radius 3 is 1.25 bits per heavy atom. The van der Waals surface area contributed by atoms with Crippen molar-refractivity contribution in [2.24, 2.45) is 0 Å². The summed E-state index contributed by atoms with van der Waals surface area (Å²) in [6.45, 7) is 0. The first-order chi connectivity index (χ1) is 1.00. The van der Waals surface area contributed by atoms with Gasteiger partial charge in [0.25, 0.3) is 0 Å². The molecular formula is H3FeSiVW. The molecule has 0 rings (SSSR count). The van der Waals surface area contributed by atoms with Crippen LogP contribution in [0, 0.1) is 0 Å². The molecule has 4 heteroatoms. The van der Waals surface area contributed by atoms with E-state index in [-0.39, 0.29) is 39.6 Å². The van der Waals surface area contributed by atoms with Gasteiger partial charge in [-0.3, -0.25) is 0 Å². The van der Waals surface area contributed by atoms with E-state index >= 15 is 0 Å². The average Bonchev–Trinajstić information content (AvgIpc) is 1.00. The molecule has 0 aromatic carbocycles. The summed E-state index contributed by atoms with van der Waals surface area (Å²) in [6.07, 6.45) is 0. The van der Waals surface area contributed by atoms with Gasteiger partial charge in [0.2, 0.25) is 0 Å². The molecule has 0 spiro atoms. The maximum atomic E-state index is 3.39. The second-order valence-corrected chi connectivity index (χ2v) is 0. The Morgan fingerprint density at radius 2 is 1.25 bits per heavy atom. The zero-order valence-electron chi connectivity index (χ0n) is 2.21. The standard InChI is InChI=1S/Fe.H3Si.V.W/h;1H3;;. The van der Waals surface area contributed by atoms with Crippen LogP contribution in [0.25, 0.3) is 0 Å². The Balaban J connectivity index is -0.00000000500. The third-order valence-corrected chi connectivity index (χ3v) is 0. The van der Waals surface area contributed by atoms with E-state index in [1.807, 2.05) is 0 Å². The predicted octanol–water partition coefficient (Wildman–Crippen LogP) is -1.19. The van der Waals surface area contributed by atoms with E-state index in [0.29, 0.717) is 0 Å². The van der Waals surface area contributed by atoms with Crippen LogP contribution in [0.15, 0.2) is 0 Å². The quantitative estimate of drug-likeness (QED) is 0.492. The van der Waals surface area contributed by atoms with Crippen molar-refractivity contribution in [3.63, 3.8) is 0 Å². The van der Waals surface area contributed by atoms with Crippen LogP contribution >= 0.6 is 0 Å². The van der Waals surface area contributed by atoms with Crippen molar-refractivity contribution in [3.05, 3.63) is 0 Å². The van der Waals surface area contributed by atoms with E-state index in [1.165, 1.54) is 0 Å². The van der Waals surface area contributed by atoms with Gasteiger partial charge in [-0.15, -0.1) is 0 Å². The minimum atomic E-state index is 0. The first-order valence-electron chi connectivity index (χ1n) is 0.354. The molecule has 0 aromatic rings. The van der Waals surface area contributed by atoms with Crippen LogP contribution in [0.1, 0.15) is 0 Å². The molecule has 0 aliphatic heterocycles. The van der Waals surface area contributed by atoms with E-state index in [0.717, 1.165) is 8.85 Å². The van der Waals surface area contributed by atoms with Crippen LogP contribution in [0.5, 0.6) is 0 Å². The second-order valence-electron chi connectivity index (χ2n) is 0. The summed E-state index contributed by atoms with van der Waals surface area (Å²) < 4.78 is 0. The number of hydrogen-bond acceptors (Lipinski definition) is 0. The predicted molar refractivity (Wildman–Crippen MR) is 9.94 cm³/mol. The monoisotopic (exact) mass is 322 g/mol. The van der Waals surface area contributed by atoms with Crippen molar-refractivity contribution in [1.82, 2.24) is 0 Å². The largest absolute Gasteiger partial charge is 0 e. The maximum absolute atomic E-state index is 3.39. The molecule has 0 saturated carbocycles. The van der Waals surface area contributed by atoms with E-state index in [9.17, 15) is 0 Å². The van der Waals surface area contributed by atoms with Crippen molar-refractivity contribution >= 4 is 8.85 Å². The summed E-state index contributed by atoms with van der Waals surface area (Å²) in [4.78, 5) is 0. The molecule has 0 N–H and O–H groups in total. The van der Waals surface area contributed by atoms with Gasteiger partial charge in [0, 0.05) is 39.6 Å². The van der Waals surface area contributed by atoms with Gasteiger partial charge in [-0.25, -0.2) is 0 Å². The van der Waals surface area contributed by atoms with Crippen molar-refractivity contribution < 1.29 is 55.0 Å². The Bertz CT molecular complexity index is 8.00. The van der Waals surface area contributed by atoms with Gasteiger partial charge >= 0.3 is 24.2 Å². The molecule has 0 fully saturated rings. The summed E-state index contributed by atoms with van der Waals surface area (Å²) in [5.74, 6) is 0. The first-order valence-corrected chi connectivity index (χ1v) is 4.37. The van der Waals surface area contributed by atoms with Crippen LogP contribution in [0.4, 0.5) is 0 Å². The molecular weight excluding hydrogens is 319 g/mol.